The molecule has 16 heavy (non-hydrogen) atoms. The van der Waals surface area contributed by atoms with Crippen molar-refractivity contribution in [2.45, 2.75) is 19.2 Å². The zero-order valence-corrected chi connectivity index (χ0v) is 8.97. The van der Waals surface area contributed by atoms with Crippen LogP contribution in [0.3, 0.4) is 0 Å². The average molecular weight is 233 g/mol. The molecule has 5 heteroatoms. The molecule has 0 spiro atoms. The van der Waals surface area contributed by atoms with E-state index in [9.17, 15) is 13.2 Å². The predicted molar refractivity (Wildman–Crippen MR) is 53.4 cm³/mol. The molecule has 0 aliphatic carbocycles. The molecule has 1 rings (SSSR count). The molecule has 1 aromatic carbocycles. The number of hydrogen-bond donors (Lipinski definition) is 0. The maximum Gasteiger partial charge on any atom is 0.573 e. The first kappa shape index (κ1) is 12.7. The fraction of sp³-hybridized carbons (Fsp3) is 0.364. The largest absolute Gasteiger partial charge is 0.573 e. The average Bonchev–Trinajstić information content (AvgIpc) is 2.14. The Kier molecular flexibility index (Phi) is 3.67. The van der Waals surface area contributed by atoms with Crippen LogP contribution in [-0.2, 0) is 0 Å². The first-order chi connectivity index (χ1) is 7.35. The van der Waals surface area contributed by atoms with Crippen molar-refractivity contribution in [3.63, 3.8) is 0 Å². The van der Waals surface area contributed by atoms with Gasteiger partial charge in [0.15, 0.2) is 11.5 Å². The van der Waals surface area contributed by atoms with E-state index in [1.165, 1.54) is 19.2 Å². The van der Waals surface area contributed by atoms with E-state index in [1.54, 1.807) is 13.0 Å². The summed E-state index contributed by atoms with van der Waals surface area (Å²) in [6.45, 7) is 5.50. The maximum atomic E-state index is 12.1. The van der Waals surface area contributed by atoms with Crippen molar-refractivity contribution >= 4 is 0 Å². The van der Waals surface area contributed by atoms with Gasteiger partial charge in [-0.05, 0) is 18.9 Å². The van der Waals surface area contributed by atoms with Gasteiger partial charge in [0, 0.05) is 5.56 Å². The van der Waals surface area contributed by atoms with Gasteiger partial charge in [-0.15, -0.1) is 13.2 Å². The summed E-state index contributed by atoms with van der Waals surface area (Å²) in [4.78, 5) is 0. The molecule has 1 radical (unpaired) electrons. The molecule has 0 aromatic heterocycles. The van der Waals surface area contributed by atoms with Crippen molar-refractivity contribution in [2.24, 2.45) is 0 Å². The van der Waals surface area contributed by atoms with Gasteiger partial charge in [-0.25, -0.2) is 0 Å². The van der Waals surface area contributed by atoms with Gasteiger partial charge in [-0.1, -0.05) is 19.1 Å². The molecule has 0 saturated heterocycles. The van der Waals surface area contributed by atoms with Gasteiger partial charge in [0.25, 0.3) is 0 Å². The zero-order valence-electron chi connectivity index (χ0n) is 8.97. The van der Waals surface area contributed by atoms with Crippen molar-refractivity contribution in [3.8, 4) is 11.5 Å². The smallest absolute Gasteiger partial charge is 0.493 e. The van der Waals surface area contributed by atoms with Gasteiger partial charge < -0.3 is 9.47 Å². The lowest BCUT2D eigenvalue weighted by atomic mass is 10.0. The van der Waals surface area contributed by atoms with Crippen molar-refractivity contribution in [3.05, 3.63) is 30.7 Å². The van der Waals surface area contributed by atoms with E-state index in [0.29, 0.717) is 5.56 Å². The molecular weight excluding hydrogens is 221 g/mol. The molecule has 2 nitrogen and oxygen atoms in total. The molecule has 0 aliphatic heterocycles. The monoisotopic (exact) mass is 233 g/mol. The SMILES string of the molecule is [CH2]C(C)c1cccc(OC(F)(F)F)c1OC. The first-order valence-electron chi connectivity index (χ1n) is 4.61. The lowest BCUT2D eigenvalue weighted by Crippen LogP contribution is -2.18. The van der Waals surface area contributed by atoms with Gasteiger partial charge in [0.1, 0.15) is 0 Å². The van der Waals surface area contributed by atoms with Gasteiger partial charge in [-0.2, -0.15) is 0 Å². The van der Waals surface area contributed by atoms with Crippen LogP contribution in [0.5, 0.6) is 11.5 Å². The van der Waals surface area contributed by atoms with Crippen LogP contribution in [0, 0.1) is 6.92 Å². The Morgan fingerprint density at radius 1 is 1.31 bits per heavy atom. The Bertz CT molecular complexity index is 359. The zero-order chi connectivity index (χ0) is 12.3. The molecule has 0 saturated carbocycles. The van der Waals surface area contributed by atoms with Gasteiger partial charge in [0.2, 0.25) is 0 Å². The number of benzene rings is 1. The van der Waals surface area contributed by atoms with Gasteiger partial charge >= 0.3 is 6.36 Å². The number of hydrogen-bond acceptors (Lipinski definition) is 2. The summed E-state index contributed by atoms with van der Waals surface area (Å²) in [6.07, 6.45) is -4.73. The highest BCUT2D eigenvalue weighted by Gasteiger charge is 2.33. The Hall–Kier alpha value is -1.39. The van der Waals surface area contributed by atoms with Crippen molar-refractivity contribution in [2.75, 3.05) is 7.11 Å². The lowest BCUT2D eigenvalue weighted by molar-refractivity contribution is -0.275. The number of alkyl halides is 3. The molecule has 1 atom stereocenters. The Morgan fingerprint density at radius 3 is 2.38 bits per heavy atom. The van der Waals surface area contributed by atoms with E-state index in [0.717, 1.165) is 0 Å². The number of rotatable bonds is 3. The van der Waals surface area contributed by atoms with Crippen LogP contribution in [0.25, 0.3) is 0 Å². The molecule has 1 unspecified atom stereocenters. The Balaban J connectivity index is 3.14. The minimum absolute atomic E-state index is 0.0716. The molecule has 0 amide bonds. The van der Waals surface area contributed by atoms with Crippen LogP contribution in [0.1, 0.15) is 18.4 Å². The first-order valence-corrected chi connectivity index (χ1v) is 4.61. The standard InChI is InChI=1S/C11H12F3O2/c1-7(2)8-5-4-6-9(10(8)15-3)16-11(12,13)14/h4-7H,1H2,2-3H3. The molecule has 0 fully saturated rings. The molecule has 0 heterocycles. The quantitative estimate of drug-likeness (QED) is 0.795. The van der Waals surface area contributed by atoms with Crippen LogP contribution in [-0.4, -0.2) is 13.5 Å². The molecular formula is C11H12F3O2. The summed E-state index contributed by atoms with van der Waals surface area (Å²) in [5.74, 6) is -0.461. The van der Waals surface area contributed by atoms with Gasteiger partial charge in [-0.3, -0.25) is 0 Å². The second-order valence-electron chi connectivity index (χ2n) is 3.33. The summed E-state index contributed by atoms with van der Waals surface area (Å²) >= 11 is 0. The maximum absolute atomic E-state index is 12.1. The summed E-state index contributed by atoms with van der Waals surface area (Å²) in [5.41, 5.74) is 0.573. The van der Waals surface area contributed by atoms with Gasteiger partial charge in [0.05, 0.1) is 7.11 Å². The third kappa shape index (κ3) is 3.05. The molecule has 0 bridgehead atoms. The lowest BCUT2D eigenvalue weighted by Gasteiger charge is -2.17. The minimum Gasteiger partial charge on any atom is -0.493 e. The second-order valence-corrected chi connectivity index (χ2v) is 3.33. The highest BCUT2D eigenvalue weighted by Crippen LogP contribution is 2.37. The summed E-state index contributed by atoms with van der Waals surface area (Å²) in [6, 6.07) is 4.33. The van der Waals surface area contributed by atoms with Crippen molar-refractivity contribution < 1.29 is 22.6 Å². The van der Waals surface area contributed by atoms with Crippen LogP contribution in [0.15, 0.2) is 18.2 Å². The number of methoxy groups -OCH3 is 1. The number of para-hydroxylation sites is 1. The molecule has 89 valence electrons. The van der Waals surface area contributed by atoms with E-state index in [4.69, 9.17) is 4.74 Å². The summed E-state index contributed by atoms with van der Waals surface area (Å²) in [5, 5.41) is 0. The van der Waals surface area contributed by atoms with E-state index in [-0.39, 0.29) is 17.4 Å². The summed E-state index contributed by atoms with van der Waals surface area (Å²) in [7, 11) is 1.30. The van der Waals surface area contributed by atoms with Crippen LogP contribution in [0.4, 0.5) is 13.2 Å². The highest BCUT2D eigenvalue weighted by atomic mass is 19.4. The van der Waals surface area contributed by atoms with Crippen LogP contribution in [0.2, 0.25) is 0 Å². The molecule has 0 aliphatic rings. The van der Waals surface area contributed by atoms with Crippen molar-refractivity contribution in [1.29, 1.82) is 0 Å². The fourth-order valence-electron chi connectivity index (χ4n) is 1.34. The van der Waals surface area contributed by atoms with E-state index in [1.807, 2.05) is 0 Å². The number of halogens is 3. The topological polar surface area (TPSA) is 18.5 Å². The third-order valence-electron chi connectivity index (χ3n) is 1.97. The van der Waals surface area contributed by atoms with Crippen LogP contribution >= 0.6 is 0 Å². The fourth-order valence-corrected chi connectivity index (χ4v) is 1.34. The van der Waals surface area contributed by atoms with E-state index < -0.39 is 6.36 Å². The second kappa shape index (κ2) is 4.63. The van der Waals surface area contributed by atoms with E-state index in [2.05, 4.69) is 11.7 Å². The van der Waals surface area contributed by atoms with E-state index >= 15 is 0 Å². The van der Waals surface area contributed by atoms with Crippen LogP contribution < -0.4 is 9.47 Å². The summed E-state index contributed by atoms with van der Waals surface area (Å²) < 4.78 is 45.1. The Morgan fingerprint density at radius 2 is 1.94 bits per heavy atom. The Labute approximate surface area is 92.0 Å². The minimum atomic E-state index is -4.73. The normalized spacial score (nSPS) is 11.7. The molecule has 0 N–H and O–H groups in total. The van der Waals surface area contributed by atoms with Crippen molar-refractivity contribution in [1.82, 2.24) is 0 Å². The molecule has 1 aromatic rings. The predicted octanol–water partition coefficient (Wildman–Crippen LogP) is 3.53. The number of ether oxygens (including phenoxy) is 2. The highest BCUT2D eigenvalue weighted by molar-refractivity contribution is 5.48. The third-order valence-corrected chi connectivity index (χ3v) is 1.97.